The molecule has 1 aromatic carbocycles. The third-order valence-electron chi connectivity index (χ3n) is 3.42. The summed E-state index contributed by atoms with van der Waals surface area (Å²) in [4.78, 5) is 12.1. The third-order valence-corrected chi connectivity index (χ3v) is 4.70. The van der Waals surface area contributed by atoms with Crippen LogP contribution < -0.4 is 4.72 Å². The number of anilines is 1. The van der Waals surface area contributed by atoms with E-state index in [9.17, 15) is 26.4 Å². The molecule has 1 aromatic rings. The van der Waals surface area contributed by atoms with E-state index in [1.165, 1.54) is 17.0 Å². The van der Waals surface area contributed by atoms with E-state index in [0.29, 0.717) is 6.42 Å². The van der Waals surface area contributed by atoms with Gasteiger partial charge in [-0.2, -0.15) is 13.2 Å². The number of nitrogens with zero attached hydrogens (tertiary/aromatic N) is 1. The maximum atomic E-state index is 12.1. The van der Waals surface area contributed by atoms with Crippen LogP contribution in [0.4, 0.5) is 23.7 Å². The number of alkyl halides is 3. The van der Waals surface area contributed by atoms with Gasteiger partial charge >= 0.3 is 12.3 Å². The first kappa shape index (κ1) is 17.4. The van der Waals surface area contributed by atoms with E-state index in [0.717, 1.165) is 11.1 Å². The molecule has 1 amide bonds. The fourth-order valence-corrected chi connectivity index (χ4v) is 3.35. The van der Waals surface area contributed by atoms with E-state index in [1.54, 1.807) is 6.07 Å². The fraction of sp³-hybridized carbons (Fsp3) is 0.462. The number of halogens is 3. The van der Waals surface area contributed by atoms with E-state index in [-0.39, 0.29) is 18.8 Å². The van der Waals surface area contributed by atoms with Crippen molar-refractivity contribution >= 4 is 21.8 Å². The summed E-state index contributed by atoms with van der Waals surface area (Å²) < 4.78 is 61.8. The summed E-state index contributed by atoms with van der Waals surface area (Å²) in [7, 11) is -4.09. The summed E-state index contributed by atoms with van der Waals surface area (Å²) in [5.41, 5.74) is 1.70. The van der Waals surface area contributed by atoms with Crippen LogP contribution in [0.5, 0.6) is 0 Å². The lowest BCUT2D eigenvalue weighted by Crippen LogP contribution is -2.34. The molecular weight excluding hydrogens is 337 g/mol. The number of hydrogen-bond acceptors (Lipinski definition) is 3. The van der Waals surface area contributed by atoms with E-state index in [1.807, 2.05) is 0 Å². The fourth-order valence-electron chi connectivity index (χ4n) is 2.26. The molecule has 10 heteroatoms. The van der Waals surface area contributed by atoms with Crippen molar-refractivity contribution in [3.8, 4) is 0 Å². The van der Waals surface area contributed by atoms with Crippen LogP contribution in [0.15, 0.2) is 18.2 Å². The van der Waals surface area contributed by atoms with Gasteiger partial charge in [-0.3, -0.25) is 4.72 Å². The highest BCUT2D eigenvalue weighted by atomic mass is 32.2. The molecule has 6 nitrogen and oxygen atoms in total. The maximum Gasteiger partial charge on any atom is 0.407 e. The molecule has 0 radical (unpaired) electrons. The minimum atomic E-state index is -4.54. The van der Waals surface area contributed by atoms with E-state index in [4.69, 9.17) is 5.11 Å². The summed E-state index contributed by atoms with van der Waals surface area (Å²) in [6, 6.07) is 4.51. The Morgan fingerprint density at radius 1 is 1.30 bits per heavy atom. The van der Waals surface area contributed by atoms with Crippen molar-refractivity contribution in [3.63, 3.8) is 0 Å². The molecule has 1 heterocycles. The van der Waals surface area contributed by atoms with Gasteiger partial charge in [0.15, 0.2) is 0 Å². The van der Waals surface area contributed by atoms with Crippen molar-refractivity contribution in [2.24, 2.45) is 0 Å². The first-order valence-electron chi connectivity index (χ1n) is 6.73. The van der Waals surface area contributed by atoms with Crippen molar-refractivity contribution in [3.05, 3.63) is 29.3 Å². The predicted octanol–water partition coefficient (Wildman–Crippen LogP) is 2.42. The summed E-state index contributed by atoms with van der Waals surface area (Å²) in [6.45, 7) is 0.485. The van der Waals surface area contributed by atoms with Gasteiger partial charge < -0.3 is 10.0 Å². The smallest absolute Gasteiger partial charge is 0.407 e. The van der Waals surface area contributed by atoms with Crippen molar-refractivity contribution in [1.82, 2.24) is 4.90 Å². The molecular formula is C13H15F3N2O4S. The molecule has 0 fully saturated rings. The molecule has 2 rings (SSSR count). The van der Waals surface area contributed by atoms with Crippen LogP contribution in [-0.4, -0.2) is 43.0 Å². The van der Waals surface area contributed by atoms with Crippen LogP contribution in [0, 0.1) is 0 Å². The minimum Gasteiger partial charge on any atom is -0.465 e. The first-order chi connectivity index (χ1) is 10.6. The highest BCUT2D eigenvalue weighted by molar-refractivity contribution is 7.92. The second-order valence-electron chi connectivity index (χ2n) is 5.22. The molecule has 0 aromatic heterocycles. The van der Waals surface area contributed by atoms with Gasteiger partial charge in [-0.15, -0.1) is 0 Å². The van der Waals surface area contributed by atoms with Gasteiger partial charge in [-0.05, 0) is 29.7 Å². The number of benzene rings is 1. The normalized spacial score (nSPS) is 15.2. The molecule has 23 heavy (non-hydrogen) atoms. The Kier molecular flexibility index (Phi) is 4.73. The Hall–Kier alpha value is -1.97. The highest BCUT2D eigenvalue weighted by Crippen LogP contribution is 2.24. The van der Waals surface area contributed by atoms with Crippen LogP contribution in [0.2, 0.25) is 0 Å². The van der Waals surface area contributed by atoms with Crippen molar-refractivity contribution in [1.29, 1.82) is 0 Å². The van der Waals surface area contributed by atoms with Gasteiger partial charge in [-0.25, -0.2) is 13.2 Å². The van der Waals surface area contributed by atoms with Gasteiger partial charge in [-0.1, -0.05) is 6.07 Å². The average Bonchev–Trinajstić information content (AvgIpc) is 2.43. The number of nitrogens with one attached hydrogen (secondary N) is 1. The summed E-state index contributed by atoms with van der Waals surface area (Å²) in [6.07, 6.45) is -6.57. The Balaban J connectivity index is 2.07. The number of fused-ring (bicyclic) bond motifs is 1. The van der Waals surface area contributed by atoms with E-state index < -0.39 is 34.5 Å². The lowest BCUT2D eigenvalue weighted by molar-refractivity contribution is -0.129. The van der Waals surface area contributed by atoms with Gasteiger partial charge in [0.25, 0.3) is 0 Å². The Morgan fingerprint density at radius 3 is 2.61 bits per heavy atom. The molecule has 0 atom stereocenters. The predicted molar refractivity (Wildman–Crippen MR) is 76.7 cm³/mol. The summed E-state index contributed by atoms with van der Waals surface area (Å²) in [5.74, 6) is -1.04. The molecule has 128 valence electrons. The molecule has 1 aliphatic heterocycles. The van der Waals surface area contributed by atoms with E-state index in [2.05, 4.69) is 4.72 Å². The second kappa shape index (κ2) is 6.26. The Bertz CT molecular complexity index is 704. The second-order valence-corrected chi connectivity index (χ2v) is 7.07. The largest absolute Gasteiger partial charge is 0.465 e. The van der Waals surface area contributed by atoms with Gasteiger partial charge in [0.1, 0.15) is 0 Å². The van der Waals surface area contributed by atoms with Gasteiger partial charge in [0.2, 0.25) is 10.0 Å². The lowest BCUT2D eigenvalue weighted by Gasteiger charge is -2.26. The number of hydrogen-bond donors (Lipinski definition) is 2. The zero-order valence-corrected chi connectivity index (χ0v) is 12.7. The number of amides is 1. The van der Waals surface area contributed by atoms with Crippen LogP contribution in [0.3, 0.4) is 0 Å². The molecule has 1 aliphatic rings. The molecule has 0 saturated heterocycles. The maximum absolute atomic E-state index is 12.1. The van der Waals surface area contributed by atoms with Gasteiger partial charge in [0, 0.05) is 18.8 Å². The average molecular weight is 352 g/mol. The molecule has 0 spiro atoms. The number of rotatable bonds is 4. The van der Waals surface area contributed by atoms with Crippen molar-refractivity contribution in [2.45, 2.75) is 25.6 Å². The number of carbonyl (C=O) groups is 1. The molecule has 0 unspecified atom stereocenters. The first-order valence-corrected chi connectivity index (χ1v) is 8.38. The molecule has 0 aliphatic carbocycles. The summed E-state index contributed by atoms with van der Waals surface area (Å²) >= 11 is 0. The van der Waals surface area contributed by atoms with E-state index >= 15 is 0 Å². The highest BCUT2D eigenvalue weighted by Gasteiger charge is 2.30. The Labute approximate surface area is 131 Å². The quantitative estimate of drug-likeness (QED) is 0.871. The number of carboxylic acid groups (broad SMARTS) is 1. The monoisotopic (exact) mass is 352 g/mol. The molecule has 2 N–H and O–H groups in total. The van der Waals surface area contributed by atoms with Crippen molar-refractivity contribution < 1.29 is 31.5 Å². The zero-order chi connectivity index (χ0) is 17.3. The lowest BCUT2D eigenvalue weighted by atomic mass is 9.99. The summed E-state index contributed by atoms with van der Waals surface area (Å²) in [5, 5.41) is 8.94. The van der Waals surface area contributed by atoms with Crippen molar-refractivity contribution in [2.75, 3.05) is 17.0 Å². The standard InChI is InChI=1S/C13H15F3N2O4S/c14-13(15,16)4-6-23(21,22)17-11-2-1-10-8-18(12(19)20)5-3-9(10)7-11/h1-2,7,17H,3-6,8H2,(H,19,20). The SMILES string of the molecule is O=C(O)N1CCc2cc(NS(=O)(=O)CCC(F)(F)F)ccc2C1. The van der Waals surface area contributed by atoms with Gasteiger partial charge in [0.05, 0.1) is 12.2 Å². The number of sulfonamides is 1. The van der Waals surface area contributed by atoms with Crippen LogP contribution in [0.25, 0.3) is 0 Å². The molecule has 0 bridgehead atoms. The zero-order valence-electron chi connectivity index (χ0n) is 11.9. The van der Waals surface area contributed by atoms with Crippen LogP contribution >= 0.6 is 0 Å². The minimum absolute atomic E-state index is 0.176. The van der Waals surface area contributed by atoms with Crippen LogP contribution in [-0.2, 0) is 23.0 Å². The topological polar surface area (TPSA) is 86.7 Å². The third kappa shape index (κ3) is 5.02. The molecule has 0 saturated carbocycles. The Morgan fingerprint density at radius 2 is 2.00 bits per heavy atom. The van der Waals surface area contributed by atoms with Crippen LogP contribution in [0.1, 0.15) is 17.5 Å².